The first-order valence-electron chi connectivity index (χ1n) is 8.27. The number of aromatic amines is 1. The van der Waals surface area contributed by atoms with E-state index in [9.17, 15) is 4.79 Å². The molecule has 2 aromatic rings. The highest BCUT2D eigenvalue weighted by molar-refractivity contribution is 5.70. The Morgan fingerprint density at radius 3 is 2.83 bits per heavy atom. The van der Waals surface area contributed by atoms with Crippen molar-refractivity contribution in [2.45, 2.75) is 58.4 Å². The van der Waals surface area contributed by atoms with Crippen molar-refractivity contribution in [1.29, 1.82) is 0 Å². The summed E-state index contributed by atoms with van der Waals surface area (Å²) >= 11 is 0. The van der Waals surface area contributed by atoms with Gasteiger partial charge in [0.25, 0.3) is 5.56 Å². The lowest BCUT2D eigenvalue weighted by Gasteiger charge is -2.09. The van der Waals surface area contributed by atoms with Crippen LogP contribution < -0.4 is 10.3 Å². The first-order chi connectivity index (χ1) is 11.2. The van der Waals surface area contributed by atoms with Gasteiger partial charge in [0.2, 0.25) is 0 Å². The van der Waals surface area contributed by atoms with Crippen molar-refractivity contribution < 1.29 is 4.74 Å². The average molecular weight is 314 g/mol. The van der Waals surface area contributed by atoms with E-state index < -0.39 is 0 Å². The molecule has 0 saturated heterocycles. The molecule has 1 N–H and O–H groups in total. The standard InChI is InChI=1S/C17H22N4O2/c1-3-5-11-23-17-20-15-13(16(22)21(17)10-4-2)18-14(19-15)12-8-6-7-9-12/h12H,4,6-11H2,1-2H3,(H,18,19). The smallest absolute Gasteiger partial charge is 0.302 e. The van der Waals surface area contributed by atoms with Gasteiger partial charge in [-0.05, 0) is 26.2 Å². The van der Waals surface area contributed by atoms with Crippen molar-refractivity contribution in [3.05, 3.63) is 16.2 Å². The molecule has 1 fully saturated rings. The van der Waals surface area contributed by atoms with Crippen LogP contribution in [0, 0.1) is 11.8 Å². The Kier molecular flexibility index (Phi) is 4.65. The van der Waals surface area contributed by atoms with Crippen LogP contribution in [0.15, 0.2) is 4.79 Å². The van der Waals surface area contributed by atoms with Gasteiger partial charge in [-0.2, -0.15) is 4.98 Å². The van der Waals surface area contributed by atoms with Gasteiger partial charge >= 0.3 is 6.01 Å². The van der Waals surface area contributed by atoms with Crippen LogP contribution in [-0.2, 0) is 6.54 Å². The number of hydrogen-bond donors (Lipinski definition) is 1. The van der Waals surface area contributed by atoms with Crippen molar-refractivity contribution >= 4 is 11.2 Å². The Hall–Kier alpha value is -2.29. The molecule has 1 aliphatic carbocycles. The van der Waals surface area contributed by atoms with Gasteiger partial charge in [0, 0.05) is 12.5 Å². The lowest BCUT2D eigenvalue weighted by molar-refractivity contribution is 0.313. The topological polar surface area (TPSA) is 72.8 Å². The van der Waals surface area contributed by atoms with Crippen molar-refractivity contribution in [2.24, 2.45) is 0 Å². The van der Waals surface area contributed by atoms with E-state index in [-0.39, 0.29) is 12.2 Å². The summed E-state index contributed by atoms with van der Waals surface area (Å²) in [5.74, 6) is 6.90. The summed E-state index contributed by atoms with van der Waals surface area (Å²) in [6, 6.07) is 0.302. The maximum Gasteiger partial charge on any atom is 0.302 e. The normalized spacial score (nSPS) is 14.9. The molecule has 122 valence electrons. The Morgan fingerprint density at radius 2 is 2.13 bits per heavy atom. The zero-order valence-corrected chi connectivity index (χ0v) is 13.7. The van der Waals surface area contributed by atoms with Crippen molar-refractivity contribution in [3.8, 4) is 17.9 Å². The van der Waals surface area contributed by atoms with Crippen LogP contribution in [0.3, 0.4) is 0 Å². The SMILES string of the molecule is CC#CCOc1nc2nc(C3CCCC3)[nH]c2c(=O)n1CCC. The number of nitrogens with zero attached hydrogens (tertiary/aromatic N) is 3. The third kappa shape index (κ3) is 3.09. The van der Waals surface area contributed by atoms with Gasteiger partial charge in [-0.1, -0.05) is 25.7 Å². The number of imidazole rings is 1. The quantitative estimate of drug-likeness (QED) is 0.861. The summed E-state index contributed by atoms with van der Waals surface area (Å²) in [5.41, 5.74) is 0.811. The molecule has 0 amide bonds. The molecular weight excluding hydrogens is 292 g/mol. The van der Waals surface area contributed by atoms with Gasteiger partial charge in [-0.3, -0.25) is 9.36 Å². The maximum atomic E-state index is 12.7. The number of fused-ring (bicyclic) bond motifs is 1. The van der Waals surface area contributed by atoms with Crippen molar-refractivity contribution in [2.75, 3.05) is 6.61 Å². The van der Waals surface area contributed by atoms with E-state index in [1.807, 2.05) is 6.92 Å². The molecule has 0 atom stereocenters. The minimum atomic E-state index is -0.118. The van der Waals surface area contributed by atoms with E-state index in [1.54, 1.807) is 11.5 Å². The molecule has 3 rings (SSSR count). The molecule has 23 heavy (non-hydrogen) atoms. The third-order valence-corrected chi connectivity index (χ3v) is 4.23. The van der Waals surface area contributed by atoms with Crippen LogP contribution >= 0.6 is 0 Å². The highest BCUT2D eigenvalue weighted by Gasteiger charge is 2.23. The first kappa shape index (κ1) is 15.6. The second-order valence-corrected chi connectivity index (χ2v) is 5.87. The minimum Gasteiger partial charge on any atom is -0.451 e. The molecule has 1 aliphatic rings. The highest BCUT2D eigenvalue weighted by Crippen LogP contribution is 2.32. The fraction of sp³-hybridized carbons (Fsp3) is 0.588. The molecule has 0 aromatic carbocycles. The van der Waals surface area contributed by atoms with Crippen LogP contribution in [0.25, 0.3) is 11.2 Å². The fourth-order valence-electron chi connectivity index (χ4n) is 3.08. The summed E-state index contributed by atoms with van der Waals surface area (Å²) in [6.07, 6.45) is 5.52. The molecule has 0 unspecified atom stereocenters. The number of hydrogen-bond acceptors (Lipinski definition) is 4. The summed E-state index contributed by atoms with van der Waals surface area (Å²) in [7, 11) is 0. The van der Waals surface area contributed by atoms with E-state index in [4.69, 9.17) is 4.74 Å². The number of nitrogens with one attached hydrogen (secondary N) is 1. The highest BCUT2D eigenvalue weighted by atomic mass is 16.5. The van der Waals surface area contributed by atoms with Crippen molar-refractivity contribution in [1.82, 2.24) is 19.5 Å². The predicted octanol–water partition coefficient (Wildman–Crippen LogP) is 2.59. The molecular formula is C17H22N4O2. The van der Waals surface area contributed by atoms with Crippen LogP contribution in [0.4, 0.5) is 0 Å². The van der Waals surface area contributed by atoms with Crippen LogP contribution in [-0.4, -0.2) is 26.1 Å². The molecule has 0 aliphatic heterocycles. The molecule has 2 aromatic heterocycles. The maximum absolute atomic E-state index is 12.7. The molecule has 6 nitrogen and oxygen atoms in total. The van der Waals surface area contributed by atoms with Gasteiger partial charge in [-0.25, -0.2) is 4.98 Å². The molecule has 1 saturated carbocycles. The zero-order valence-electron chi connectivity index (χ0n) is 13.7. The number of H-pyrrole nitrogens is 1. The lowest BCUT2D eigenvalue weighted by Crippen LogP contribution is -2.24. The molecule has 0 bridgehead atoms. The first-order valence-corrected chi connectivity index (χ1v) is 8.27. The Bertz CT molecular complexity index is 804. The second-order valence-electron chi connectivity index (χ2n) is 5.87. The average Bonchev–Trinajstić information content (AvgIpc) is 3.20. The van der Waals surface area contributed by atoms with Gasteiger partial charge in [0.1, 0.15) is 5.82 Å². The minimum absolute atomic E-state index is 0.118. The molecule has 0 spiro atoms. The summed E-state index contributed by atoms with van der Waals surface area (Å²) in [4.78, 5) is 24.9. The summed E-state index contributed by atoms with van der Waals surface area (Å²) in [5, 5.41) is 0. The van der Waals surface area contributed by atoms with E-state index in [0.29, 0.717) is 29.6 Å². The Labute approximate surface area is 135 Å². The molecule has 6 heteroatoms. The fourth-order valence-corrected chi connectivity index (χ4v) is 3.08. The van der Waals surface area contributed by atoms with E-state index in [0.717, 1.165) is 25.1 Å². The van der Waals surface area contributed by atoms with E-state index in [2.05, 4.69) is 26.8 Å². The van der Waals surface area contributed by atoms with Gasteiger partial charge in [-0.15, -0.1) is 5.92 Å². The van der Waals surface area contributed by atoms with E-state index >= 15 is 0 Å². The van der Waals surface area contributed by atoms with E-state index in [1.165, 1.54) is 12.8 Å². The Morgan fingerprint density at radius 1 is 1.35 bits per heavy atom. The van der Waals surface area contributed by atoms with Gasteiger partial charge in [0.15, 0.2) is 17.8 Å². The van der Waals surface area contributed by atoms with Gasteiger partial charge < -0.3 is 9.72 Å². The summed E-state index contributed by atoms with van der Waals surface area (Å²) < 4.78 is 7.14. The Balaban J connectivity index is 2.04. The van der Waals surface area contributed by atoms with Crippen LogP contribution in [0.1, 0.15) is 57.7 Å². The summed E-state index contributed by atoms with van der Waals surface area (Å²) in [6.45, 7) is 4.55. The number of aromatic nitrogens is 4. The second kappa shape index (κ2) is 6.86. The van der Waals surface area contributed by atoms with Crippen LogP contribution in [0.2, 0.25) is 0 Å². The van der Waals surface area contributed by atoms with Crippen LogP contribution in [0.5, 0.6) is 6.01 Å². The van der Waals surface area contributed by atoms with Gasteiger partial charge in [0.05, 0.1) is 0 Å². The monoisotopic (exact) mass is 314 g/mol. The number of rotatable bonds is 5. The zero-order chi connectivity index (χ0) is 16.2. The van der Waals surface area contributed by atoms with Crippen molar-refractivity contribution in [3.63, 3.8) is 0 Å². The third-order valence-electron chi connectivity index (χ3n) is 4.23. The lowest BCUT2D eigenvalue weighted by atomic mass is 10.1. The molecule has 0 radical (unpaired) electrons. The largest absolute Gasteiger partial charge is 0.451 e. The molecule has 2 heterocycles. The predicted molar refractivity (Wildman–Crippen MR) is 88.6 cm³/mol. The number of ether oxygens (including phenoxy) is 1.